The third-order valence-electron chi connectivity index (χ3n) is 4.41. The van der Waals surface area contributed by atoms with E-state index in [0.717, 1.165) is 36.4 Å². The Balaban J connectivity index is 0.000000253. The van der Waals surface area contributed by atoms with E-state index in [0.29, 0.717) is 24.5 Å². The standard InChI is InChI=1S/2C12H5F5N.Ir/c2*13-8-2-3-9(10(14)5-8)11-4-1-7(6-18-11)12(15,16)17;/h2*1-2,4-6H;/q2*-1;. The van der Waals surface area contributed by atoms with Gasteiger partial charge < -0.3 is 9.97 Å². The van der Waals surface area contributed by atoms with Crippen molar-refractivity contribution in [3.05, 3.63) is 107 Å². The summed E-state index contributed by atoms with van der Waals surface area (Å²) < 4.78 is 126. The van der Waals surface area contributed by atoms with Gasteiger partial charge in [0.05, 0.1) is 11.1 Å². The first-order valence-electron chi connectivity index (χ1n) is 9.56. The van der Waals surface area contributed by atoms with Crippen molar-refractivity contribution in [1.29, 1.82) is 0 Å². The van der Waals surface area contributed by atoms with E-state index < -0.39 is 46.7 Å². The van der Waals surface area contributed by atoms with Crippen LogP contribution in [0.15, 0.2) is 60.9 Å². The van der Waals surface area contributed by atoms with Crippen LogP contribution in [0.4, 0.5) is 43.9 Å². The predicted octanol–water partition coefficient (Wildman–Crippen LogP) is 7.69. The van der Waals surface area contributed by atoms with Gasteiger partial charge in [-0.1, -0.05) is 47.5 Å². The summed E-state index contributed by atoms with van der Waals surface area (Å²) in [5, 5.41) is 0. The molecule has 37 heavy (non-hydrogen) atoms. The first-order chi connectivity index (χ1) is 16.8. The maximum atomic E-state index is 13.3. The molecule has 0 unspecified atom stereocenters. The van der Waals surface area contributed by atoms with Crippen LogP contribution in [-0.2, 0) is 32.5 Å². The Morgan fingerprint density at radius 3 is 1.16 bits per heavy atom. The molecule has 0 fully saturated rings. The molecule has 0 aliphatic rings. The molecule has 13 heteroatoms. The summed E-state index contributed by atoms with van der Waals surface area (Å²) in [6.07, 6.45) is -7.83. The smallest absolute Gasteiger partial charge is 0.304 e. The maximum Gasteiger partial charge on any atom is 0.417 e. The second-order valence-corrected chi connectivity index (χ2v) is 6.94. The molecule has 2 aromatic carbocycles. The van der Waals surface area contributed by atoms with Crippen LogP contribution in [0.25, 0.3) is 22.5 Å². The number of nitrogens with zero attached hydrogens (tertiary/aromatic N) is 2. The first-order valence-corrected chi connectivity index (χ1v) is 9.56. The number of benzene rings is 2. The predicted molar refractivity (Wildman–Crippen MR) is 107 cm³/mol. The number of alkyl halides is 6. The molecule has 0 N–H and O–H groups in total. The minimum atomic E-state index is -4.50. The Bertz CT molecular complexity index is 1230. The minimum Gasteiger partial charge on any atom is -0.304 e. The van der Waals surface area contributed by atoms with Gasteiger partial charge in [0.1, 0.15) is 0 Å². The fourth-order valence-corrected chi connectivity index (χ4v) is 2.70. The molecule has 197 valence electrons. The quantitative estimate of drug-likeness (QED) is 0.158. The van der Waals surface area contributed by atoms with Crippen molar-refractivity contribution in [3.8, 4) is 22.5 Å². The average molecular weight is 709 g/mol. The van der Waals surface area contributed by atoms with Gasteiger partial charge in [-0.3, -0.25) is 17.6 Å². The van der Waals surface area contributed by atoms with Crippen LogP contribution >= 0.6 is 0 Å². The van der Waals surface area contributed by atoms with Gasteiger partial charge in [-0.2, -0.15) is 26.3 Å². The van der Waals surface area contributed by atoms with Gasteiger partial charge in [-0.25, -0.2) is 0 Å². The number of pyridine rings is 2. The Hall–Kier alpha value is -3.31. The fraction of sp³-hybridized carbons (Fsp3) is 0.0833. The van der Waals surface area contributed by atoms with Gasteiger partial charge >= 0.3 is 12.4 Å². The van der Waals surface area contributed by atoms with Gasteiger partial charge in [0, 0.05) is 55.8 Å². The molecule has 4 aromatic rings. The third-order valence-corrected chi connectivity index (χ3v) is 4.41. The number of rotatable bonds is 2. The molecule has 4 rings (SSSR count). The van der Waals surface area contributed by atoms with E-state index in [1.54, 1.807) is 0 Å². The second-order valence-electron chi connectivity index (χ2n) is 6.94. The Kier molecular flexibility index (Phi) is 9.56. The van der Waals surface area contributed by atoms with E-state index >= 15 is 0 Å². The first kappa shape index (κ1) is 29.9. The summed E-state index contributed by atoms with van der Waals surface area (Å²) in [6, 6.07) is 11.1. The molecule has 0 spiro atoms. The van der Waals surface area contributed by atoms with Crippen molar-refractivity contribution in [2.24, 2.45) is 0 Å². The van der Waals surface area contributed by atoms with Crippen molar-refractivity contribution >= 4 is 0 Å². The van der Waals surface area contributed by atoms with Crippen molar-refractivity contribution < 1.29 is 64.0 Å². The summed E-state index contributed by atoms with van der Waals surface area (Å²) in [5.41, 5.74) is -2.31. The summed E-state index contributed by atoms with van der Waals surface area (Å²) in [6.45, 7) is 0. The molecule has 2 nitrogen and oxygen atoms in total. The van der Waals surface area contributed by atoms with Crippen molar-refractivity contribution in [1.82, 2.24) is 9.97 Å². The zero-order valence-corrected chi connectivity index (χ0v) is 20.2. The van der Waals surface area contributed by atoms with Crippen molar-refractivity contribution in [2.75, 3.05) is 0 Å². The molecule has 0 saturated carbocycles. The molecule has 0 saturated heterocycles. The Morgan fingerprint density at radius 2 is 0.919 bits per heavy atom. The van der Waals surface area contributed by atoms with Crippen LogP contribution in [-0.4, -0.2) is 9.97 Å². The maximum absolute atomic E-state index is 13.3. The largest absolute Gasteiger partial charge is 0.417 e. The van der Waals surface area contributed by atoms with Crippen LogP contribution in [0.1, 0.15) is 11.1 Å². The topological polar surface area (TPSA) is 25.8 Å². The Labute approximate surface area is 216 Å². The molecule has 2 aromatic heterocycles. The number of aromatic nitrogens is 2. The normalized spacial score (nSPS) is 11.3. The van der Waals surface area contributed by atoms with Crippen LogP contribution in [0.5, 0.6) is 0 Å². The van der Waals surface area contributed by atoms with E-state index in [2.05, 4.69) is 22.1 Å². The Morgan fingerprint density at radius 1 is 0.568 bits per heavy atom. The fourth-order valence-electron chi connectivity index (χ4n) is 2.70. The molecule has 2 heterocycles. The average Bonchev–Trinajstić information content (AvgIpc) is 2.79. The van der Waals surface area contributed by atoms with Gasteiger partial charge in [0.25, 0.3) is 0 Å². The molecule has 0 aliphatic carbocycles. The van der Waals surface area contributed by atoms with Gasteiger partial charge in [-0.05, 0) is 11.4 Å². The van der Waals surface area contributed by atoms with E-state index in [9.17, 15) is 43.9 Å². The summed E-state index contributed by atoms with van der Waals surface area (Å²) >= 11 is 0. The van der Waals surface area contributed by atoms with Crippen molar-refractivity contribution in [3.63, 3.8) is 0 Å². The third kappa shape index (κ3) is 7.83. The number of hydrogen-bond acceptors (Lipinski definition) is 2. The van der Waals surface area contributed by atoms with E-state index in [-0.39, 0.29) is 42.6 Å². The molecule has 1 radical (unpaired) electrons. The summed E-state index contributed by atoms with van der Waals surface area (Å²) in [5.74, 6) is -3.49. The molecule has 0 aliphatic heterocycles. The zero-order valence-electron chi connectivity index (χ0n) is 17.8. The number of halogens is 10. The molecular weight excluding hydrogens is 698 g/mol. The van der Waals surface area contributed by atoms with Crippen LogP contribution in [0.2, 0.25) is 0 Å². The van der Waals surface area contributed by atoms with E-state index in [1.807, 2.05) is 0 Å². The summed E-state index contributed by atoms with van der Waals surface area (Å²) in [7, 11) is 0. The monoisotopic (exact) mass is 709 g/mol. The second kappa shape index (κ2) is 11.8. The zero-order chi connectivity index (χ0) is 26.7. The summed E-state index contributed by atoms with van der Waals surface area (Å²) in [4.78, 5) is 6.98. The molecule has 0 atom stereocenters. The number of hydrogen-bond donors (Lipinski definition) is 0. The minimum absolute atomic E-state index is 0. The van der Waals surface area contributed by atoms with Crippen LogP contribution in [0.3, 0.4) is 0 Å². The van der Waals surface area contributed by atoms with Gasteiger partial charge in [0.15, 0.2) is 0 Å². The molecular formula is C24H10F10IrN2-2. The van der Waals surface area contributed by atoms with E-state index in [1.165, 1.54) is 0 Å². The van der Waals surface area contributed by atoms with Crippen molar-refractivity contribution in [2.45, 2.75) is 12.4 Å². The van der Waals surface area contributed by atoms with Gasteiger partial charge in [-0.15, -0.1) is 24.3 Å². The van der Waals surface area contributed by atoms with Crippen LogP contribution < -0.4 is 0 Å². The van der Waals surface area contributed by atoms with Gasteiger partial charge in [0.2, 0.25) is 0 Å². The van der Waals surface area contributed by atoms with Crippen LogP contribution in [0, 0.1) is 35.4 Å². The molecule has 0 amide bonds. The van der Waals surface area contributed by atoms with E-state index in [4.69, 9.17) is 0 Å². The molecule has 0 bridgehead atoms. The SMILES string of the molecule is Fc1c[c-]c(-c2ccc(C(F)(F)F)cn2)c(F)c1.Fc1c[c-]c(-c2ccc(C(F)(F)F)cn2)c(F)c1.[Ir].